The van der Waals surface area contributed by atoms with E-state index in [4.69, 9.17) is 0 Å². The highest BCUT2D eigenvalue weighted by Gasteiger charge is 2.21. The monoisotopic (exact) mass is 312 g/mol. The molecule has 1 aromatic rings. The second kappa shape index (κ2) is 6.00. The molecule has 0 aliphatic heterocycles. The minimum absolute atomic E-state index is 0.222. The molecule has 0 atom stereocenters. The summed E-state index contributed by atoms with van der Waals surface area (Å²) in [5.41, 5.74) is 0.739. The molecule has 0 N–H and O–H groups in total. The van der Waals surface area contributed by atoms with Gasteiger partial charge in [0.2, 0.25) is 0 Å². The third-order valence-corrected chi connectivity index (χ3v) is 4.34. The van der Waals surface area contributed by atoms with Gasteiger partial charge in [0.1, 0.15) is 5.69 Å². The van der Waals surface area contributed by atoms with Crippen molar-refractivity contribution < 1.29 is 4.79 Å². The van der Waals surface area contributed by atoms with E-state index in [9.17, 15) is 4.79 Å². The number of Topliss-reactive ketones (excluding diaryl/α,β-unsaturated/α-hetero) is 1. The Labute approximate surface area is 117 Å². The van der Waals surface area contributed by atoms with E-state index in [1.807, 2.05) is 18.5 Å². The Kier molecular flexibility index (Phi) is 4.60. The topological polar surface area (TPSA) is 34.9 Å². The zero-order valence-corrected chi connectivity index (χ0v) is 12.7. The lowest BCUT2D eigenvalue weighted by Gasteiger charge is -2.12. The average Bonchev–Trinajstić information content (AvgIpc) is 2.94. The number of hydrogen-bond acceptors (Lipinski definition) is 2. The predicted molar refractivity (Wildman–Crippen MR) is 75.8 cm³/mol. The van der Waals surface area contributed by atoms with Gasteiger partial charge in [0.05, 0.1) is 10.7 Å². The lowest BCUT2D eigenvalue weighted by atomic mass is 9.99. The average molecular weight is 313 g/mol. The third-order valence-electron chi connectivity index (χ3n) is 3.76. The number of carbonyl (C=O) groups is 1. The van der Waals surface area contributed by atoms with E-state index in [1.54, 1.807) is 6.20 Å². The number of rotatable bonds is 5. The standard InChI is InChI=1S/C14H21BrN2O/c1-10(2)17-14(12(15)9-16-17)13(18)8-7-11-5-3-4-6-11/h9-11H,3-8H2,1-2H3. The summed E-state index contributed by atoms with van der Waals surface area (Å²) in [6.07, 6.45) is 8.70. The minimum atomic E-state index is 0.222. The molecular weight excluding hydrogens is 292 g/mol. The molecule has 0 aromatic carbocycles. The molecule has 1 aliphatic carbocycles. The fourth-order valence-electron chi connectivity index (χ4n) is 2.75. The Hall–Kier alpha value is -0.640. The van der Waals surface area contributed by atoms with Crippen molar-refractivity contribution in [2.24, 2.45) is 5.92 Å². The molecule has 0 radical (unpaired) electrons. The van der Waals surface area contributed by atoms with Gasteiger partial charge in [-0.1, -0.05) is 25.7 Å². The van der Waals surface area contributed by atoms with Crippen LogP contribution in [0.15, 0.2) is 10.7 Å². The second-order valence-corrected chi connectivity index (χ2v) is 6.35. The Morgan fingerprint density at radius 1 is 1.50 bits per heavy atom. The van der Waals surface area contributed by atoms with Crippen molar-refractivity contribution in [2.75, 3.05) is 0 Å². The summed E-state index contributed by atoms with van der Waals surface area (Å²) >= 11 is 3.44. The number of nitrogens with zero attached hydrogens (tertiary/aromatic N) is 2. The van der Waals surface area contributed by atoms with E-state index in [1.165, 1.54) is 25.7 Å². The maximum absolute atomic E-state index is 12.3. The van der Waals surface area contributed by atoms with Gasteiger partial charge in [0.15, 0.2) is 5.78 Å². The van der Waals surface area contributed by atoms with Crippen molar-refractivity contribution in [3.8, 4) is 0 Å². The molecule has 0 saturated heterocycles. The van der Waals surface area contributed by atoms with Gasteiger partial charge in [0, 0.05) is 12.5 Å². The van der Waals surface area contributed by atoms with Crippen molar-refractivity contribution in [3.63, 3.8) is 0 Å². The van der Waals surface area contributed by atoms with Crippen LogP contribution >= 0.6 is 15.9 Å². The van der Waals surface area contributed by atoms with Crippen LogP contribution in [0.5, 0.6) is 0 Å². The van der Waals surface area contributed by atoms with Crippen LogP contribution in [0.2, 0.25) is 0 Å². The summed E-state index contributed by atoms with van der Waals surface area (Å²) in [6, 6.07) is 0.224. The van der Waals surface area contributed by atoms with E-state index < -0.39 is 0 Å². The van der Waals surface area contributed by atoms with Crippen LogP contribution < -0.4 is 0 Å². The lowest BCUT2D eigenvalue weighted by molar-refractivity contribution is 0.0960. The highest BCUT2D eigenvalue weighted by Crippen LogP contribution is 2.30. The minimum Gasteiger partial charge on any atom is -0.292 e. The van der Waals surface area contributed by atoms with Crippen molar-refractivity contribution in [2.45, 2.75) is 58.4 Å². The largest absolute Gasteiger partial charge is 0.292 e. The van der Waals surface area contributed by atoms with Crippen molar-refractivity contribution >= 4 is 21.7 Å². The first-order valence-corrected chi connectivity index (χ1v) is 7.65. The summed E-state index contributed by atoms with van der Waals surface area (Å²) in [6.45, 7) is 4.10. The van der Waals surface area contributed by atoms with Crippen LogP contribution in [0, 0.1) is 5.92 Å². The maximum Gasteiger partial charge on any atom is 0.182 e. The van der Waals surface area contributed by atoms with Gasteiger partial charge in [-0.3, -0.25) is 9.48 Å². The molecule has 1 aromatic heterocycles. The number of ketones is 1. The Balaban J connectivity index is 2.01. The Morgan fingerprint density at radius 2 is 2.17 bits per heavy atom. The Bertz CT molecular complexity index is 419. The van der Waals surface area contributed by atoms with Crippen molar-refractivity contribution in [1.82, 2.24) is 9.78 Å². The molecule has 18 heavy (non-hydrogen) atoms. The molecule has 0 spiro atoms. The fraction of sp³-hybridized carbons (Fsp3) is 0.714. The van der Waals surface area contributed by atoms with Crippen LogP contribution in [0.1, 0.15) is 68.9 Å². The molecule has 0 amide bonds. The maximum atomic E-state index is 12.3. The first-order chi connectivity index (χ1) is 8.59. The molecule has 1 fully saturated rings. The Morgan fingerprint density at radius 3 is 2.78 bits per heavy atom. The normalized spacial score (nSPS) is 16.7. The van der Waals surface area contributed by atoms with Gasteiger partial charge in [-0.15, -0.1) is 0 Å². The summed E-state index contributed by atoms with van der Waals surface area (Å²) in [7, 11) is 0. The summed E-state index contributed by atoms with van der Waals surface area (Å²) in [4.78, 5) is 12.3. The fourth-order valence-corrected chi connectivity index (χ4v) is 3.24. The summed E-state index contributed by atoms with van der Waals surface area (Å²) < 4.78 is 2.65. The summed E-state index contributed by atoms with van der Waals surface area (Å²) in [5, 5.41) is 4.27. The zero-order chi connectivity index (χ0) is 13.1. The molecule has 2 rings (SSSR count). The van der Waals surface area contributed by atoms with Gasteiger partial charge >= 0.3 is 0 Å². The molecule has 1 aliphatic rings. The third kappa shape index (κ3) is 3.02. The SMILES string of the molecule is CC(C)n1ncc(Br)c1C(=O)CCC1CCCC1. The molecule has 1 saturated carbocycles. The number of hydrogen-bond donors (Lipinski definition) is 0. The van der Waals surface area contributed by atoms with Crippen LogP contribution in [-0.2, 0) is 0 Å². The zero-order valence-electron chi connectivity index (χ0n) is 11.2. The van der Waals surface area contributed by atoms with E-state index in [2.05, 4.69) is 21.0 Å². The second-order valence-electron chi connectivity index (χ2n) is 5.49. The lowest BCUT2D eigenvalue weighted by Crippen LogP contribution is -2.13. The molecule has 1 heterocycles. The van der Waals surface area contributed by atoms with Crippen LogP contribution in [0.3, 0.4) is 0 Å². The van der Waals surface area contributed by atoms with Crippen LogP contribution in [0.4, 0.5) is 0 Å². The highest BCUT2D eigenvalue weighted by molar-refractivity contribution is 9.10. The molecular formula is C14H21BrN2O. The van der Waals surface area contributed by atoms with E-state index in [-0.39, 0.29) is 11.8 Å². The summed E-state index contributed by atoms with van der Waals surface area (Å²) in [5.74, 6) is 0.989. The highest BCUT2D eigenvalue weighted by atomic mass is 79.9. The van der Waals surface area contributed by atoms with Crippen molar-refractivity contribution in [1.29, 1.82) is 0 Å². The number of halogens is 1. The van der Waals surface area contributed by atoms with Gasteiger partial charge < -0.3 is 0 Å². The van der Waals surface area contributed by atoms with E-state index >= 15 is 0 Å². The van der Waals surface area contributed by atoms with E-state index in [0.717, 1.165) is 22.5 Å². The number of aromatic nitrogens is 2. The predicted octanol–water partition coefficient (Wildman–Crippen LogP) is 4.38. The quantitative estimate of drug-likeness (QED) is 0.756. The van der Waals surface area contributed by atoms with E-state index in [0.29, 0.717) is 6.42 Å². The smallest absolute Gasteiger partial charge is 0.182 e. The first kappa shape index (κ1) is 13.8. The van der Waals surface area contributed by atoms with Gasteiger partial charge in [0.25, 0.3) is 0 Å². The molecule has 100 valence electrons. The number of carbonyl (C=O) groups excluding carboxylic acids is 1. The van der Waals surface area contributed by atoms with Gasteiger partial charge in [-0.25, -0.2) is 0 Å². The van der Waals surface area contributed by atoms with Gasteiger partial charge in [-0.2, -0.15) is 5.10 Å². The molecule has 0 unspecified atom stereocenters. The van der Waals surface area contributed by atoms with Crippen molar-refractivity contribution in [3.05, 3.63) is 16.4 Å². The molecule has 0 bridgehead atoms. The van der Waals surface area contributed by atoms with Gasteiger partial charge in [-0.05, 0) is 42.1 Å². The van der Waals surface area contributed by atoms with Crippen LogP contribution in [0.25, 0.3) is 0 Å². The molecule has 4 heteroatoms. The molecule has 3 nitrogen and oxygen atoms in total. The van der Waals surface area contributed by atoms with Crippen LogP contribution in [-0.4, -0.2) is 15.6 Å². The first-order valence-electron chi connectivity index (χ1n) is 6.85.